The molecule has 1 atom stereocenters. The molecule has 1 unspecified atom stereocenters. The van der Waals surface area contributed by atoms with Crippen LogP contribution in [0.25, 0.3) is 44.2 Å². The molecule has 2 heteroatoms. The number of anilines is 6. The van der Waals surface area contributed by atoms with Crippen LogP contribution in [0.4, 0.5) is 34.1 Å². The summed E-state index contributed by atoms with van der Waals surface area (Å²) >= 11 is 0. The SMILES string of the molecule is CC1(C)c2ccccc2-c2c(N(c3ccccc3)c3c4c(cc5ccccc35)C3(c5ccccc5-c5cc(N(c6ccccc6)c6ccccc6)ccc53)c3ccccc3-4)cccc21. The second kappa shape index (κ2) is 13.8. The van der Waals surface area contributed by atoms with Gasteiger partial charge in [0.05, 0.1) is 16.8 Å². The van der Waals surface area contributed by atoms with Crippen LogP contribution in [-0.4, -0.2) is 0 Å². The van der Waals surface area contributed by atoms with Gasteiger partial charge in [-0.2, -0.15) is 0 Å². The van der Waals surface area contributed by atoms with Gasteiger partial charge in [0.15, 0.2) is 0 Å². The van der Waals surface area contributed by atoms with Crippen LogP contribution >= 0.6 is 0 Å². The van der Waals surface area contributed by atoms with Crippen molar-refractivity contribution >= 4 is 44.9 Å². The van der Waals surface area contributed by atoms with Gasteiger partial charge < -0.3 is 9.80 Å². The molecule has 0 N–H and O–H groups in total. The van der Waals surface area contributed by atoms with Gasteiger partial charge in [-0.25, -0.2) is 0 Å². The Balaban J connectivity index is 1.13. The number of nitrogens with zero attached hydrogens (tertiary/aromatic N) is 2. The van der Waals surface area contributed by atoms with E-state index < -0.39 is 5.41 Å². The van der Waals surface area contributed by atoms with Crippen LogP contribution in [0.1, 0.15) is 47.2 Å². The van der Waals surface area contributed by atoms with E-state index in [2.05, 4.69) is 254 Å². The molecule has 3 aliphatic carbocycles. The van der Waals surface area contributed by atoms with E-state index in [4.69, 9.17) is 0 Å². The van der Waals surface area contributed by atoms with E-state index in [9.17, 15) is 0 Å². The van der Waals surface area contributed by atoms with Crippen molar-refractivity contribution in [1.29, 1.82) is 0 Å². The summed E-state index contributed by atoms with van der Waals surface area (Å²) in [5.41, 5.74) is 21.9. The average Bonchev–Trinajstić information content (AvgIpc) is 3.91. The van der Waals surface area contributed by atoms with Crippen molar-refractivity contribution < 1.29 is 0 Å². The minimum atomic E-state index is -0.560. The lowest BCUT2D eigenvalue weighted by molar-refractivity contribution is 0.660. The Hall–Kier alpha value is -7.94. The highest BCUT2D eigenvalue weighted by Gasteiger charge is 2.53. The summed E-state index contributed by atoms with van der Waals surface area (Å²) in [5.74, 6) is 0. The Kier molecular flexibility index (Phi) is 7.90. The van der Waals surface area contributed by atoms with Crippen LogP contribution in [0, 0.1) is 0 Å². The van der Waals surface area contributed by atoms with Gasteiger partial charge in [0, 0.05) is 44.7 Å². The Bertz CT molecular complexity index is 3440. The molecule has 13 rings (SSSR count). The Morgan fingerprint density at radius 1 is 0.312 bits per heavy atom. The standard InChI is InChI=1S/C62H44N2/c1-61(2)51-32-17-15-30-48(51)58-55(61)35-20-36-57(58)64(44-26-10-5-11-27-44)60-46-28-13-12-21-41(46)39-56-59(60)49-31-16-19-34-53(49)62(56)52-33-18-14-29-47(52)50-40-45(37-38-54(50)62)63(42-22-6-3-7-23-42)43-24-8-4-9-25-43/h3-40H,1-2H3. The smallest absolute Gasteiger partial charge is 0.0726 e. The number of para-hydroxylation sites is 3. The van der Waals surface area contributed by atoms with Crippen LogP contribution in [0.3, 0.4) is 0 Å². The van der Waals surface area contributed by atoms with E-state index in [0.717, 1.165) is 22.7 Å². The molecule has 302 valence electrons. The van der Waals surface area contributed by atoms with E-state index in [0.29, 0.717) is 0 Å². The van der Waals surface area contributed by atoms with Crippen molar-refractivity contribution in [3.05, 3.63) is 264 Å². The van der Waals surface area contributed by atoms with Crippen LogP contribution in [0.15, 0.2) is 231 Å². The summed E-state index contributed by atoms with van der Waals surface area (Å²) in [6.45, 7) is 4.76. The van der Waals surface area contributed by atoms with Crippen LogP contribution in [0.5, 0.6) is 0 Å². The maximum Gasteiger partial charge on any atom is 0.0726 e. The molecule has 0 bridgehead atoms. The third kappa shape index (κ3) is 4.97. The fourth-order valence-corrected chi connectivity index (χ4v) is 11.8. The molecule has 10 aromatic rings. The first-order chi connectivity index (χ1) is 31.5. The summed E-state index contributed by atoms with van der Waals surface area (Å²) in [5, 5.41) is 2.45. The van der Waals surface area contributed by atoms with Crippen molar-refractivity contribution in [3.8, 4) is 33.4 Å². The monoisotopic (exact) mass is 816 g/mol. The molecule has 0 amide bonds. The van der Waals surface area contributed by atoms with Gasteiger partial charge in [0.1, 0.15) is 0 Å². The molecule has 10 aromatic carbocycles. The highest BCUT2D eigenvalue weighted by atomic mass is 15.2. The molecule has 0 aromatic heterocycles. The van der Waals surface area contributed by atoms with Gasteiger partial charge in [0.2, 0.25) is 0 Å². The van der Waals surface area contributed by atoms with E-state index in [-0.39, 0.29) is 5.41 Å². The fourth-order valence-electron chi connectivity index (χ4n) is 11.8. The van der Waals surface area contributed by atoms with Gasteiger partial charge in [-0.05, 0) is 122 Å². The highest BCUT2D eigenvalue weighted by molar-refractivity contribution is 6.13. The number of hydrogen-bond donors (Lipinski definition) is 0. The van der Waals surface area contributed by atoms with Crippen LogP contribution in [0.2, 0.25) is 0 Å². The van der Waals surface area contributed by atoms with Gasteiger partial charge in [-0.1, -0.05) is 184 Å². The molecular formula is C62H44N2. The molecule has 64 heavy (non-hydrogen) atoms. The van der Waals surface area contributed by atoms with Gasteiger partial charge in [0.25, 0.3) is 0 Å². The minimum absolute atomic E-state index is 0.144. The molecule has 0 radical (unpaired) electrons. The Morgan fingerprint density at radius 2 is 0.812 bits per heavy atom. The van der Waals surface area contributed by atoms with Crippen LogP contribution in [-0.2, 0) is 10.8 Å². The predicted molar refractivity (Wildman–Crippen MR) is 267 cm³/mol. The van der Waals surface area contributed by atoms with Gasteiger partial charge in [-0.3, -0.25) is 0 Å². The largest absolute Gasteiger partial charge is 0.310 e. The predicted octanol–water partition coefficient (Wildman–Crippen LogP) is 16.4. The van der Waals surface area contributed by atoms with Gasteiger partial charge in [-0.15, -0.1) is 0 Å². The molecule has 0 heterocycles. The zero-order chi connectivity index (χ0) is 42.6. The zero-order valence-corrected chi connectivity index (χ0v) is 35.8. The van der Waals surface area contributed by atoms with E-state index in [1.54, 1.807) is 0 Å². The maximum atomic E-state index is 2.59. The first-order valence-electron chi connectivity index (χ1n) is 22.4. The first-order valence-corrected chi connectivity index (χ1v) is 22.4. The molecule has 0 fully saturated rings. The third-order valence-electron chi connectivity index (χ3n) is 14.4. The summed E-state index contributed by atoms with van der Waals surface area (Å²) in [7, 11) is 0. The number of benzene rings is 10. The molecule has 2 nitrogen and oxygen atoms in total. The molecule has 0 saturated heterocycles. The zero-order valence-electron chi connectivity index (χ0n) is 35.8. The highest BCUT2D eigenvalue weighted by Crippen LogP contribution is 2.67. The molecular weight excluding hydrogens is 773 g/mol. The Labute approximate surface area is 375 Å². The van der Waals surface area contributed by atoms with Crippen molar-refractivity contribution in [2.75, 3.05) is 9.80 Å². The molecule has 3 aliphatic rings. The first kappa shape index (κ1) is 36.7. The topological polar surface area (TPSA) is 6.48 Å². The fraction of sp³-hybridized carbons (Fsp3) is 0.0645. The van der Waals surface area contributed by atoms with Crippen molar-refractivity contribution in [2.24, 2.45) is 0 Å². The summed E-state index contributed by atoms with van der Waals surface area (Å²) in [6.07, 6.45) is 0. The second-order valence-electron chi connectivity index (χ2n) is 18.0. The molecule has 1 spiro atoms. The average molecular weight is 817 g/mol. The Morgan fingerprint density at radius 3 is 1.48 bits per heavy atom. The lowest BCUT2D eigenvalue weighted by atomic mass is 9.70. The summed E-state index contributed by atoms with van der Waals surface area (Å²) in [4.78, 5) is 4.97. The van der Waals surface area contributed by atoms with E-state index in [1.807, 2.05) is 0 Å². The van der Waals surface area contributed by atoms with E-state index in [1.165, 1.54) is 88.9 Å². The maximum absolute atomic E-state index is 2.59. The minimum Gasteiger partial charge on any atom is -0.310 e. The number of fused-ring (bicyclic) bond motifs is 14. The second-order valence-corrected chi connectivity index (χ2v) is 18.0. The molecule has 0 aliphatic heterocycles. The van der Waals surface area contributed by atoms with Crippen molar-refractivity contribution in [1.82, 2.24) is 0 Å². The van der Waals surface area contributed by atoms with Gasteiger partial charge >= 0.3 is 0 Å². The lowest BCUT2D eigenvalue weighted by Crippen LogP contribution is -2.26. The normalized spacial score (nSPS) is 15.5. The quantitative estimate of drug-likeness (QED) is 0.165. The molecule has 0 saturated carbocycles. The lowest BCUT2D eigenvalue weighted by Gasteiger charge is -2.34. The third-order valence-corrected chi connectivity index (χ3v) is 14.4. The van der Waals surface area contributed by atoms with E-state index >= 15 is 0 Å². The number of rotatable bonds is 6. The number of hydrogen-bond acceptors (Lipinski definition) is 2. The summed E-state index contributed by atoms with van der Waals surface area (Å²) in [6, 6.07) is 85.7. The van der Waals surface area contributed by atoms with Crippen molar-refractivity contribution in [2.45, 2.75) is 24.7 Å². The van der Waals surface area contributed by atoms with Crippen molar-refractivity contribution in [3.63, 3.8) is 0 Å². The van der Waals surface area contributed by atoms with Crippen LogP contribution < -0.4 is 9.80 Å². The summed E-state index contributed by atoms with van der Waals surface area (Å²) < 4.78 is 0.